The molecular formula is C13H20N2O2. The molecule has 1 aromatic carbocycles. The SMILES string of the molecule is COc1ccc(NC(=O)NCCC(C)C)cc1. The molecule has 0 spiro atoms. The maximum atomic E-state index is 11.5. The number of hydrogen-bond donors (Lipinski definition) is 2. The van der Waals surface area contributed by atoms with Crippen molar-refractivity contribution in [3.05, 3.63) is 24.3 Å². The predicted molar refractivity (Wildman–Crippen MR) is 69.5 cm³/mol. The smallest absolute Gasteiger partial charge is 0.319 e. The molecule has 94 valence electrons. The minimum Gasteiger partial charge on any atom is -0.497 e. The van der Waals surface area contributed by atoms with Crippen LogP contribution in [0.5, 0.6) is 5.75 Å². The number of amides is 2. The Hall–Kier alpha value is -1.71. The molecule has 17 heavy (non-hydrogen) atoms. The molecule has 1 aromatic rings. The van der Waals surface area contributed by atoms with Crippen molar-refractivity contribution in [2.24, 2.45) is 5.92 Å². The fourth-order valence-electron chi connectivity index (χ4n) is 1.32. The molecule has 0 radical (unpaired) electrons. The van der Waals surface area contributed by atoms with Gasteiger partial charge in [-0.3, -0.25) is 0 Å². The third kappa shape index (κ3) is 5.24. The van der Waals surface area contributed by atoms with Gasteiger partial charge in [0.1, 0.15) is 5.75 Å². The molecule has 0 aliphatic carbocycles. The molecular weight excluding hydrogens is 216 g/mol. The van der Waals surface area contributed by atoms with Crippen LogP contribution < -0.4 is 15.4 Å². The summed E-state index contributed by atoms with van der Waals surface area (Å²) in [5.74, 6) is 1.37. The lowest BCUT2D eigenvalue weighted by atomic mass is 10.1. The lowest BCUT2D eigenvalue weighted by molar-refractivity contribution is 0.251. The molecule has 4 heteroatoms. The van der Waals surface area contributed by atoms with Gasteiger partial charge < -0.3 is 15.4 Å². The summed E-state index contributed by atoms with van der Waals surface area (Å²) in [7, 11) is 1.61. The van der Waals surface area contributed by atoms with Crippen LogP contribution >= 0.6 is 0 Å². The van der Waals surface area contributed by atoms with E-state index in [0.717, 1.165) is 17.9 Å². The first-order chi connectivity index (χ1) is 8.11. The summed E-state index contributed by atoms with van der Waals surface area (Å²) in [6.45, 7) is 4.95. The van der Waals surface area contributed by atoms with Crippen LogP contribution in [0.15, 0.2) is 24.3 Å². The fourth-order valence-corrected chi connectivity index (χ4v) is 1.32. The average molecular weight is 236 g/mol. The Labute approximate surface area is 102 Å². The molecule has 0 saturated carbocycles. The summed E-state index contributed by atoms with van der Waals surface area (Å²) in [5.41, 5.74) is 0.757. The van der Waals surface area contributed by atoms with Crippen molar-refractivity contribution >= 4 is 11.7 Å². The van der Waals surface area contributed by atoms with E-state index in [2.05, 4.69) is 24.5 Å². The van der Waals surface area contributed by atoms with Gasteiger partial charge >= 0.3 is 6.03 Å². The van der Waals surface area contributed by atoms with E-state index in [-0.39, 0.29) is 6.03 Å². The molecule has 0 bridgehead atoms. The monoisotopic (exact) mass is 236 g/mol. The van der Waals surface area contributed by atoms with Gasteiger partial charge in [0.15, 0.2) is 0 Å². The largest absolute Gasteiger partial charge is 0.497 e. The normalized spacial score (nSPS) is 10.1. The number of ether oxygens (including phenoxy) is 1. The summed E-state index contributed by atoms with van der Waals surface area (Å²) in [6, 6.07) is 7.06. The van der Waals surface area contributed by atoms with Crippen LogP contribution in [0.25, 0.3) is 0 Å². The summed E-state index contributed by atoms with van der Waals surface area (Å²) < 4.78 is 5.04. The topological polar surface area (TPSA) is 50.4 Å². The lowest BCUT2D eigenvalue weighted by Crippen LogP contribution is -2.30. The van der Waals surface area contributed by atoms with Gasteiger partial charge in [0, 0.05) is 12.2 Å². The van der Waals surface area contributed by atoms with Crippen LogP contribution in [-0.4, -0.2) is 19.7 Å². The minimum absolute atomic E-state index is 0.171. The molecule has 2 amide bonds. The average Bonchev–Trinajstić information content (AvgIpc) is 2.29. The molecule has 0 unspecified atom stereocenters. The van der Waals surface area contributed by atoms with Crippen molar-refractivity contribution in [3.63, 3.8) is 0 Å². The van der Waals surface area contributed by atoms with Crippen molar-refractivity contribution in [3.8, 4) is 5.75 Å². The Kier molecular flexibility index (Phi) is 5.33. The first-order valence-corrected chi connectivity index (χ1v) is 5.80. The maximum absolute atomic E-state index is 11.5. The first-order valence-electron chi connectivity index (χ1n) is 5.80. The van der Waals surface area contributed by atoms with Gasteiger partial charge in [0.25, 0.3) is 0 Å². The number of carbonyl (C=O) groups is 1. The summed E-state index contributed by atoms with van der Waals surface area (Å²) in [6.07, 6.45) is 0.982. The van der Waals surface area contributed by atoms with Crippen molar-refractivity contribution in [1.82, 2.24) is 5.32 Å². The van der Waals surface area contributed by atoms with Gasteiger partial charge in [-0.1, -0.05) is 13.8 Å². The molecule has 0 fully saturated rings. The van der Waals surface area contributed by atoms with Crippen molar-refractivity contribution in [2.45, 2.75) is 20.3 Å². The summed E-state index contributed by atoms with van der Waals surface area (Å²) >= 11 is 0. The fraction of sp³-hybridized carbons (Fsp3) is 0.462. The summed E-state index contributed by atoms with van der Waals surface area (Å²) in [4.78, 5) is 11.5. The van der Waals surface area contributed by atoms with Crippen molar-refractivity contribution in [2.75, 3.05) is 19.0 Å². The Balaban J connectivity index is 2.34. The Morgan fingerprint density at radius 1 is 1.29 bits per heavy atom. The molecule has 0 aromatic heterocycles. The minimum atomic E-state index is -0.171. The number of anilines is 1. The quantitative estimate of drug-likeness (QED) is 0.826. The maximum Gasteiger partial charge on any atom is 0.319 e. The van der Waals surface area contributed by atoms with Crippen molar-refractivity contribution < 1.29 is 9.53 Å². The van der Waals surface area contributed by atoms with Gasteiger partial charge in [-0.05, 0) is 36.6 Å². The van der Waals surface area contributed by atoms with Crippen LogP contribution in [0.4, 0.5) is 10.5 Å². The molecule has 0 aliphatic heterocycles. The standard InChI is InChI=1S/C13H20N2O2/c1-10(2)8-9-14-13(16)15-11-4-6-12(17-3)7-5-11/h4-7,10H,8-9H2,1-3H3,(H2,14,15,16). The van der Waals surface area contributed by atoms with E-state index in [1.807, 2.05) is 12.1 Å². The number of carbonyl (C=O) groups excluding carboxylic acids is 1. The number of methoxy groups -OCH3 is 1. The van der Waals surface area contributed by atoms with E-state index >= 15 is 0 Å². The molecule has 0 saturated heterocycles. The number of nitrogens with one attached hydrogen (secondary N) is 2. The highest BCUT2D eigenvalue weighted by molar-refractivity contribution is 5.89. The molecule has 0 heterocycles. The second kappa shape index (κ2) is 6.78. The van der Waals surface area contributed by atoms with Gasteiger partial charge in [-0.2, -0.15) is 0 Å². The number of rotatable bonds is 5. The highest BCUT2D eigenvalue weighted by atomic mass is 16.5. The molecule has 0 atom stereocenters. The van der Waals surface area contributed by atoms with Gasteiger partial charge in [-0.15, -0.1) is 0 Å². The van der Waals surface area contributed by atoms with E-state index in [0.29, 0.717) is 12.5 Å². The van der Waals surface area contributed by atoms with Crippen LogP contribution in [0.1, 0.15) is 20.3 Å². The van der Waals surface area contributed by atoms with Crippen LogP contribution in [0.3, 0.4) is 0 Å². The second-order valence-corrected chi connectivity index (χ2v) is 4.29. The van der Waals surface area contributed by atoms with Crippen molar-refractivity contribution in [1.29, 1.82) is 0 Å². The number of benzene rings is 1. The zero-order valence-electron chi connectivity index (χ0n) is 10.6. The Morgan fingerprint density at radius 2 is 1.94 bits per heavy atom. The molecule has 4 nitrogen and oxygen atoms in total. The highest BCUT2D eigenvalue weighted by Gasteiger charge is 2.01. The Morgan fingerprint density at radius 3 is 2.47 bits per heavy atom. The van der Waals surface area contributed by atoms with Crippen LogP contribution in [0.2, 0.25) is 0 Å². The van der Waals surface area contributed by atoms with Gasteiger partial charge in [0.2, 0.25) is 0 Å². The number of urea groups is 1. The Bertz CT molecular complexity index is 347. The summed E-state index contributed by atoms with van der Waals surface area (Å²) in [5, 5.41) is 5.57. The van der Waals surface area contributed by atoms with E-state index in [9.17, 15) is 4.79 Å². The third-order valence-electron chi connectivity index (χ3n) is 2.36. The third-order valence-corrected chi connectivity index (χ3v) is 2.36. The zero-order chi connectivity index (χ0) is 12.7. The van der Waals surface area contributed by atoms with Gasteiger partial charge in [-0.25, -0.2) is 4.79 Å². The molecule has 2 N–H and O–H groups in total. The van der Waals surface area contributed by atoms with Crippen LogP contribution in [0, 0.1) is 5.92 Å². The highest BCUT2D eigenvalue weighted by Crippen LogP contribution is 2.14. The van der Waals surface area contributed by atoms with Gasteiger partial charge in [0.05, 0.1) is 7.11 Å². The zero-order valence-corrected chi connectivity index (χ0v) is 10.6. The lowest BCUT2D eigenvalue weighted by Gasteiger charge is -2.09. The predicted octanol–water partition coefficient (Wildman–Crippen LogP) is 2.86. The second-order valence-electron chi connectivity index (χ2n) is 4.29. The van der Waals surface area contributed by atoms with Crippen LogP contribution in [-0.2, 0) is 0 Å². The van der Waals surface area contributed by atoms with E-state index in [1.54, 1.807) is 19.2 Å². The van der Waals surface area contributed by atoms with E-state index < -0.39 is 0 Å². The molecule has 1 rings (SSSR count). The number of hydrogen-bond acceptors (Lipinski definition) is 2. The van der Waals surface area contributed by atoms with E-state index in [4.69, 9.17) is 4.74 Å². The molecule has 0 aliphatic rings. The van der Waals surface area contributed by atoms with E-state index in [1.165, 1.54) is 0 Å². The first kappa shape index (κ1) is 13.4.